The summed E-state index contributed by atoms with van der Waals surface area (Å²) >= 11 is 1.59. The molecule has 2 amide bonds. The van der Waals surface area contributed by atoms with Crippen LogP contribution in [0.3, 0.4) is 0 Å². The molecule has 1 aromatic heterocycles. The van der Waals surface area contributed by atoms with Crippen molar-refractivity contribution >= 4 is 40.2 Å². The average Bonchev–Trinajstić information content (AvgIpc) is 3.08. The van der Waals surface area contributed by atoms with E-state index in [1.165, 1.54) is 29.2 Å². The van der Waals surface area contributed by atoms with Crippen LogP contribution >= 0.6 is 11.3 Å². The fourth-order valence-corrected chi connectivity index (χ4v) is 4.17. The summed E-state index contributed by atoms with van der Waals surface area (Å²) in [6.07, 6.45) is 0. The van der Waals surface area contributed by atoms with Gasteiger partial charge in [-0.1, -0.05) is 0 Å². The third-order valence-corrected chi connectivity index (χ3v) is 5.63. The van der Waals surface area contributed by atoms with Crippen LogP contribution in [0.2, 0.25) is 0 Å². The number of hydrogen-bond donors (Lipinski definition) is 1. The van der Waals surface area contributed by atoms with Crippen LogP contribution in [-0.2, 0) is 9.59 Å². The van der Waals surface area contributed by atoms with Crippen LogP contribution in [-0.4, -0.2) is 34.9 Å². The van der Waals surface area contributed by atoms with Crippen molar-refractivity contribution in [3.63, 3.8) is 0 Å². The zero-order chi connectivity index (χ0) is 22.1. The lowest BCUT2D eigenvalue weighted by atomic mass is 10.1. The van der Waals surface area contributed by atoms with Gasteiger partial charge in [-0.3, -0.25) is 24.6 Å². The predicted molar refractivity (Wildman–Crippen MR) is 117 cm³/mol. The number of nitro groups is 1. The molecule has 0 radical (unpaired) electrons. The number of rotatable bonds is 5. The number of nitrogens with one attached hydrogen (secondary N) is 1. The Hall–Kier alpha value is -3.79. The minimum Gasteiger partial charge on any atom is -0.482 e. The van der Waals surface area contributed by atoms with Crippen LogP contribution < -0.4 is 15.0 Å². The van der Waals surface area contributed by atoms with E-state index in [1.807, 2.05) is 19.9 Å². The maximum atomic E-state index is 12.6. The fourth-order valence-electron chi connectivity index (χ4n) is 3.33. The molecule has 4 rings (SSSR count). The first-order valence-electron chi connectivity index (χ1n) is 9.38. The van der Waals surface area contributed by atoms with Crippen molar-refractivity contribution < 1.29 is 19.2 Å². The van der Waals surface area contributed by atoms with E-state index in [-0.39, 0.29) is 24.7 Å². The van der Waals surface area contributed by atoms with E-state index in [9.17, 15) is 19.7 Å². The molecule has 1 aliphatic rings. The molecule has 0 atom stereocenters. The molecule has 0 aliphatic carbocycles. The highest BCUT2D eigenvalue weighted by Crippen LogP contribution is 2.37. The van der Waals surface area contributed by atoms with Crippen molar-refractivity contribution in [1.82, 2.24) is 4.98 Å². The van der Waals surface area contributed by atoms with Crippen molar-refractivity contribution in [1.29, 1.82) is 0 Å². The van der Waals surface area contributed by atoms with Crippen molar-refractivity contribution in [3.8, 4) is 17.0 Å². The number of carbonyl (C=O) groups excluding carboxylic acids is 2. The molecular weight excluding hydrogens is 420 g/mol. The molecule has 3 aromatic rings. The summed E-state index contributed by atoms with van der Waals surface area (Å²) in [7, 11) is 0. The standard InChI is InChI=1S/C21H18N4O5S/c1-12-21(22-13(2)31-12)14-3-8-18-17(9-14)24(20(27)11-30-18)10-19(26)23-15-4-6-16(7-5-15)25(28)29/h3-9H,10-11H2,1-2H3,(H,23,26). The van der Waals surface area contributed by atoms with Crippen molar-refractivity contribution in [2.45, 2.75) is 13.8 Å². The molecular formula is C21H18N4O5S. The SMILES string of the molecule is Cc1nc(-c2ccc3c(c2)N(CC(=O)Nc2ccc([N+](=O)[O-])cc2)C(=O)CO3)c(C)s1. The van der Waals surface area contributed by atoms with E-state index < -0.39 is 10.8 Å². The maximum absolute atomic E-state index is 12.6. The lowest BCUT2D eigenvalue weighted by molar-refractivity contribution is -0.384. The van der Waals surface area contributed by atoms with E-state index in [4.69, 9.17) is 4.74 Å². The number of thiazole rings is 1. The first kappa shape index (κ1) is 20.5. The molecule has 10 heteroatoms. The monoisotopic (exact) mass is 438 g/mol. The first-order valence-corrected chi connectivity index (χ1v) is 10.2. The topological polar surface area (TPSA) is 115 Å². The summed E-state index contributed by atoms with van der Waals surface area (Å²) in [5, 5.41) is 14.4. The van der Waals surface area contributed by atoms with Crippen LogP contribution in [0.5, 0.6) is 5.75 Å². The number of anilines is 2. The third-order valence-electron chi connectivity index (χ3n) is 4.74. The quantitative estimate of drug-likeness (QED) is 0.480. The van der Waals surface area contributed by atoms with E-state index in [0.29, 0.717) is 17.1 Å². The van der Waals surface area contributed by atoms with E-state index in [0.717, 1.165) is 21.1 Å². The Bertz CT molecular complexity index is 1190. The molecule has 0 saturated heterocycles. The Balaban J connectivity index is 1.57. The van der Waals surface area contributed by atoms with Gasteiger partial charge in [0.1, 0.15) is 12.3 Å². The first-order chi connectivity index (χ1) is 14.8. The van der Waals surface area contributed by atoms with Crippen molar-refractivity contribution in [2.75, 3.05) is 23.4 Å². The molecule has 0 saturated carbocycles. The van der Waals surface area contributed by atoms with E-state index in [1.54, 1.807) is 23.5 Å². The molecule has 0 unspecified atom stereocenters. The van der Waals surface area contributed by atoms with Gasteiger partial charge in [0, 0.05) is 28.3 Å². The Morgan fingerprint density at radius 2 is 2.00 bits per heavy atom. The number of aromatic nitrogens is 1. The van der Waals surface area contributed by atoms with Crippen LogP contribution in [0.1, 0.15) is 9.88 Å². The van der Waals surface area contributed by atoms with Gasteiger partial charge in [0.2, 0.25) is 5.91 Å². The van der Waals surface area contributed by atoms with Gasteiger partial charge in [0.25, 0.3) is 11.6 Å². The van der Waals surface area contributed by atoms with Gasteiger partial charge in [-0.15, -0.1) is 11.3 Å². The summed E-state index contributed by atoms with van der Waals surface area (Å²) < 4.78 is 5.52. The summed E-state index contributed by atoms with van der Waals surface area (Å²) in [5.41, 5.74) is 2.49. The summed E-state index contributed by atoms with van der Waals surface area (Å²) in [4.78, 5) is 42.3. The number of nitro benzene ring substituents is 1. The Kier molecular flexibility index (Phi) is 5.38. The van der Waals surface area contributed by atoms with Gasteiger partial charge in [-0.25, -0.2) is 4.98 Å². The molecule has 0 bridgehead atoms. The zero-order valence-electron chi connectivity index (χ0n) is 16.7. The second-order valence-electron chi connectivity index (χ2n) is 6.94. The van der Waals surface area contributed by atoms with Gasteiger partial charge < -0.3 is 10.1 Å². The normalized spacial score (nSPS) is 12.8. The van der Waals surface area contributed by atoms with Gasteiger partial charge >= 0.3 is 0 Å². The molecule has 31 heavy (non-hydrogen) atoms. The zero-order valence-corrected chi connectivity index (χ0v) is 17.6. The largest absolute Gasteiger partial charge is 0.482 e. The van der Waals surface area contributed by atoms with Crippen LogP contribution in [0, 0.1) is 24.0 Å². The van der Waals surface area contributed by atoms with E-state index >= 15 is 0 Å². The van der Waals surface area contributed by atoms with Gasteiger partial charge in [-0.2, -0.15) is 0 Å². The third kappa shape index (κ3) is 4.24. The molecule has 0 fully saturated rings. The molecule has 9 nitrogen and oxygen atoms in total. The second-order valence-corrected chi connectivity index (χ2v) is 8.35. The number of amides is 2. The fraction of sp³-hybridized carbons (Fsp3) is 0.190. The van der Waals surface area contributed by atoms with Gasteiger partial charge in [0.15, 0.2) is 6.61 Å². The Labute approximate surface area is 181 Å². The molecule has 158 valence electrons. The average molecular weight is 438 g/mol. The highest BCUT2D eigenvalue weighted by molar-refractivity contribution is 7.11. The number of carbonyl (C=O) groups is 2. The lowest BCUT2D eigenvalue weighted by Gasteiger charge is -2.29. The Morgan fingerprint density at radius 3 is 2.65 bits per heavy atom. The van der Waals surface area contributed by atoms with E-state index in [2.05, 4.69) is 10.3 Å². The lowest BCUT2D eigenvalue weighted by Crippen LogP contribution is -2.43. The molecule has 1 aliphatic heterocycles. The number of hydrogen-bond acceptors (Lipinski definition) is 7. The van der Waals surface area contributed by atoms with Crippen molar-refractivity contribution in [3.05, 3.63) is 62.5 Å². The van der Waals surface area contributed by atoms with Crippen molar-refractivity contribution in [2.24, 2.45) is 0 Å². The van der Waals surface area contributed by atoms with Gasteiger partial charge in [0.05, 0.1) is 21.3 Å². The summed E-state index contributed by atoms with van der Waals surface area (Å²) in [6, 6.07) is 10.9. The predicted octanol–water partition coefficient (Wildman–Crippen LogP) is 3.70. The maximum Gasteiger partial charge on any atom is 0.269 e. The number of fused-ring (bicyclic) bond motifs is 1. The van der Waals surface area contributed by atoms with Crippen LogP contribution in [0.15, 0.2) is 42.5 Å². The summed E-state index contributed by atoms with van der Waals surface area (Å²) in [5.74, 6) is -0.257. The van der Waals surface area contributed by atoms with Crippen LogP contribution in [0.4, 0.5) is 17.1 Å². The second kappa shape index (κ2) is 8.15. The highest BCUT2D eigenvalue weighted by Gasteiger charge is 2.28. The Morgan fingerprint density at radius 1 is 1.26 bits per heavy atom. The molecule has 2 heterocycles. The molecule has 0 spiro atoms. The number of ether oxygens (including phenoxy) is 1. The molecule has 2 aromatic carbocycles. The van der Waals surface area contributed by atoms with Gasteiger partial charge in [-0.05, 0) is 44.2 Å². The number of nitrogens with zero attached hydrogens (tertiary/aromatic N) is 3. The minimum absolute atomic E-state index is 0.0737. The molecule has 1 N–H and O–H groups in total. The smallest absolute Gasteiger partial charge is 0.269 e. The van der Waals surface area contributed by atoms with Crippen LogP contribution in [0.25, 0.3) is 11.3 Å². The number of non-ortho nitro benzene ring substituents is 1. The summed E-state index contributed by atoms with van der Waals surface area (Å²) in [6.45, 7) is 3.54. The minimum atomic E-state index is -0.516. The highest BCUT2D eigenvalue weighted by atomic mass is 32.1. The number of aryl methyl sites for hydroxylation is 2. The number of benzene rings is 2.